The van der Waals surface area contributed by atoms with Crippen LogP contribution in [0.4, 0.5) is 0 Å². The number of nitrogens with one attached hydrogen (secondary N) is 1. The van der Waals surface area contributed by atoms with Gasteiger partial charge in [-0.25, -0.2) is 0 Å². The van der Waals surface area contributed by atoms with Crippen LogP contribution < -0.4 is 5.32 Å². The van der Waals surface area contributed by atoms with Crippen molar-refractivity contribution >= 4 is 11.8 Å². The van der Waals surface area contributed by atoms with E-state index in [9.17, 15) is 9.59 Å². The molecule has 0 radical (unpaired) electrons. The van der Waals surface area contributed by atoms with E-state index in [0.29, 0.717) is 32.5 Å². The van der Waals surface area contributed by atoms with Gasteiger partial charge in [-0.2, -0.15) is 0 Å². The molecule has 3 heterocycles. The highest BCUT2D eigenvalue weighted by Crippen LogP contribution is 2.33. The Kier molecular flexibility index (Phi) is 5.62. The number of furan rings is 1. The van der Waals surface area contributed by atoms with E-state index in [1.807, 2.05) is 11.0 Å². The summed E-state index contributed by atoms with van der Waals surface area (Å²) in [7, 11) is 0. The van der Waals surface area contributed by atoms with Gasteiger partial charge < -0.3 is 19.4 Å². The third-order valence-corrected chi connectivity index (χ3v) is 5.98. The molecule has 27 heavy (non-hydrogen) atoms. The smallest absolute Gasteiger partial charge is 0.227 e. The van der Waals surface area contributed by atoms with Gasteiger partial charge in [0.15, 0.2) is 0 Å². The van der Waals surface area contributed by atoms with Crippen LogP contribution in [-0.2, 0) is 20.9 Å². The van der Waals surface area contributed by atoms with Crippen LogP contribution in [-0.4, -0.2) is 42.0 Å². The van der Waals surface area contributed by atoms with Crippen molar-refractivity contribution in [1.82, 2.24) is 10.2 Å². The van der Waals surface area contributed by atoms with E-state index in [-0.39, 0.29) is 29.9 Å². The molecule has 2 amide bonds. The second-order valence-corrected chi connectivity index (χ2v) is 7.83. The number of carbonyl (C=O) groups is 2. The Morgan fingerprint density at radius 3 is 3.00 bits per heavy atom. The second kappa shape index (κ2) is 8.30. The van der Waals surface area contributed by atoms with Gasteiger partial charge in [0, 0.05) is 19.6 Å². The van der Waals surface area contributed by atoms with Gasteiger partial charge in [0.2, 0.25) is 11.8 Å². The van der Waals surface area contributed by atoms with Crippen molar-refractivity contribution in [2.45, 2.75) is 63.6 Å². The van der Waals surface area contributed by atoms with Gasteiger partial charge in [-0.3, -0.25) is 9.59 Å². The first kappa shape index (κ1) is 18.3. The Hall–Kier alpha value is -2.08. The zero-order valence-corrected chi connectivity index (χ0v) is 15.7. The maximum absolute atomic E-state index is 13.0. The molecule has 6 nitrogen and oxygen atoms in total. The maximum atomic E-state index is 13.0. The molecule has 0 aromatic carbocycles. The lowest BCUT2D eigenvalue weighted by molar-refractivity contribution is -0.141. The predicted octanol–water partition coefficient (Wildman–Crippen LogP) is 2.79. The number of carbonyl (C=O) groups excluding carboxylic acids is 2. The summed E-state index contributed by atoms with van der Waals surface area (Å²) < 4.78 is 11.1. The molecule has 0 bridgehead atoms. The fourth-order valence-corrected chi connectivity index (χ4v) is 4.52. The largest absolute Gasteiger partial charge is 0.467 e. The molecule has 2 fully saturated rings. The van der Waals surface area contributed by atoms with E-state index in [0.717, 1.165) is 25.0 Å². The Labute approximate surface area is 159 Å². The molecule has 4 rings (SSSR count). The minimum absolute atomic E-state index is 0.0256. The van der Waals surface area contributed by atoms with Crippen molar-refractivity contribution < 1.29 is 18.7 Å². The monoisotopic (exact) mass is 372 g/mol. The van der Waals surface area contributed by atoms with Gasteiger partial charge in [-0.15, -0.1) is 0 Å². The molecule has 146 valence electrons. The topological polar surface area (TPSA) is 71.8 Å². The minimum Gasteiger partial charge on any atom is -0.467 e. The number of hydrogen-bond acceptors (Lipinski definition) is 4. The Morgan fingerprint density at radius 2 is 2.22 bits per heavy atom. The molecule has 3 atom stereocenters. The van der Waals surface area contributed by atoms with Crippen LogP contribution in [0.25, 0.3) is 0 Å². The molecule has 0 spiro atoms. The van der Waals surface area contributed by atoms with Gasteiger partial charge in [0.05, 0.1) is 30.9 Å². The van der Waals surface area contributed by atoms with Crippen LogP contribution in [0.5, 0.6) is 0 Å². The minimum atomic E-state index is -0.233. The van der Waals surface area contributed by atoms with Gasteiger partial charge in [0.1, 0.15) is 5.76 Å². The molecule has 0 saturated carbocycles. The zero-order valence-electron chi connectivity index (χ0n) is 15.7. The standard InChI is InChI=1S/C21H28N2O4/c24-20(11-15-5-2-1-3-6-15)23-14-16(12-19-18(23)8-10-27-19)21(25)22-13-17-7-4-9-26-17/h4-5,7,9,16,18-19H,1-3,6,8,10-14H2,(H,22,25)/t16-,18+,19+/m0/s1. The lowest BCUT2D eigenvalue weighted by Gasteiger charge is -2.40. The van der Waals surface area contributed by atoms with Gasteiger partial charge >= 0.3 is 0 Å². The lowest BCUT2D eigenvalue weighted by Crippen LogP contribution is -2.55. The van der Waals surface area contributed by atoms with Crippen LogP contribution in [0.2, 0.25) is 0 Å². The molecule has 2 saturated heterocycles. The average molecular weight is 372 g/mol. The Bertz CT molecular complexity index is 697. The number of fused-ring (bicyclic) bond motifs is 1. The lowest BCUT2D eigenvalue weighted by atomic mass is 9.88. The summed E-state index contributed by atoms with van der Waals surface area (Å²) in [6.45, 7) is 1.53. The van der Waals surface area contributed by atoms with Crippen molar-refractivity contribution in [3.05, 3.63) is 35.8 Å². The van der Waals surface area contributed by atoms with E-state index in [4.69, 9.17) is 9.15 Å². The molecule has 6 heteroatoms. The summed E-state index contributed by atoms with van der Waals surface area (Å²) in [6.07, 6.45) is 10.3. The summed E-state index contributed by atoms with van der Waals surface area (Å²) in [5.74, 6) is 0.608. The molecule has 0 unspecified atom stereocenters. The SMILES string of the molecule is O=C(NCc1ccco1)[C@H]1C[C@H]2OCC[C@H]2N(C(=O)CC2=CCCCC2)C1. The number of allylic oxidation sites excluding steroid dienone is 1. The first-order valence-corrected chi connectivity index (χ1v) is 10.1. The first-order valence-electron chi connectivity index (χ1n) is 10.1. The number of ether oxygens (including phenoxy) is 1. The first-order chi connectivity index (χ1) is 13.2. The average Bonchev–Trinajstić information content (AvgIpc) is 3.37. The van der Waals surface area contributed by atoms with Crippen LogP contribution in [0.3, 0.4) is 0 Å². The van der Waals surface area contributed by atoms with Crippen LogP contribution in [0.15, 0.2) is 34.5 Å². The van der Waals surface area contributed by atoms with Crippen LogP contribution in [0, 0.1) is 5.92 Å². The summed E-state index contributed by atoms with van der Waals surface area (Å²) in [5, 5.41) is 2.94. The van der Waals surface area contributed by atoms with Crippen molar-refractivity contribution in [1.29, 1.82) is 0 Å². The second-order valence-electron chi connectivity index (χ2n) is 7.83. The molecule has 3 aliphatic rings. The van der Waals surface area contributed by atoms with E-state index in [1.54, 1.807) is 12.3 Å². The molecular weight excluding hydrogens is 344 g/mol. The molecule has 1 aliphatic carbocycles. The number of rotatable bonds is 5. The number of hydrogen-bond donors (Lipinski definition) is 1. The third kappa shape index (κ3) is 4.26. The quantitative estimate of drug-likeness (QED) is 0.807. The molecular formula is C21H28N2O4. The van der Waals surface area contributed by atoms with Crippen molar-refractivity contribution in [3.8, 4) is 0 Å². The van der Waals surface area contributed by atoms with Crippen molar-refractivity contribution in [3.63, 3.8) is 0 Å². The van der Waals surface area contributed by atoms with E-state index < -0.39 is 0 Å². The van der Waals surface area contributed by atoms with Gasteiger partial charge in [0.25, 0.3) is 0 Å². The van der Waals surface area contributed by atoms with E-state index in [1.165, 1.54) is 18.4 Å². The van der Waals surface area contributed by atoms with E-state index in [2.05, 4.69) is 11.4 Å². The predicted molar refractivity (Wildman–Crippen MR) is 99.7 cm³/mol. The third-order valence-electron chi connectivity index (χ3n) is 5.98. The van der Waals surface area contributed by atoms with Crippen LogP contribution in [0.1, 0.15) is 50.7 Å². The Balaban J connectivity index is 1.40. The highest BCUT2D eigenvalue weighted by molar-refractivity contribution is 5.82. The Morgan fingerprint density at radius 1 is 1.30 bits per heavy atom. The number of nitrogens with zero attached hydrogens (tertiary/aromatic N) is 1. The van der Waals surface area contributed by atoms with Gasteiger partial charge in [-0.1, -0.05) is 11.6 Å². The van der Waals surface area contributed by atoms with Crippen molar-refractivity contribution in [2.75, 3.05) is 13.2 Å². The number of likely N-dealkylation sites (tertiary alicyclic amines) is 1. The number of piperidine rings is 1. The zero-order chi connectivity index (χ0) is 18.6. The van der Waals surface area contributed by atoms with Gasteiger partial charge in [-0.05, 0) is 50.7 Å². The summed E-state index contributed by atoms with van der Waals surface area (Å²) >= 11 is 0. The molecule has 1 aromatic rings. The highest BCUT2D eigenvalue weighted by atomic mass is 16.5. The fourth-order valence-electron chi connectivity index (χ4n) is 4.52. The maximum Gasteiger partial charge on any atom is 0.227 e. The molecule has 1 N–H and O–H groups in total. The summed E-state index contributed by atoms with van der Waals surface area (Å²) in [4.78, 5) is 27.6. The molecule has 1 aromatic heterocycles. The van der Waals surface area contributed by atoms with Crippen molar-refractivity contribution in [2.24, 2.45) is 5.92 Å². The summed E-state index contributed by atoms with van der Waals surface area (Å²) in [5.41, 5.74) is 1.26. The van der Waals surface area contributed by atoms with E-state index >= 15 is 0 Å². The normalized spacial score (nSPS) is 27.8. The van der Waals surface area contributed by atoms with Crippen LogP contribution >= 0.6 is 0 Å². The molecule has 2 aliphatic heterocycles. The fraction of sp³-hybridized carbons (Fsp3) is 0.619. The number of amides is 2. The highest BCUT2D eigenvalue weighted by Gasteiger charge is 2.44. The summed E-state index contributed by atoms with van der Waals surface area (Å²) in [6, 6.07) is 3.76.